The molecular formula is C21H29N3O4S. The van der Waals surface area contributed by atoms with Gasteiger partial charge in [-0.1, -0.05) is 0 Å². The molecule has 8 heteroatoms. The van der Waals surface area contributed by atoms with E-state index in [-0.39, 0.29) is 29.2 Å². The summed E-state index contributed by atoms with van der Waals surface area (Å²) in [7, 11) is 0. The fourth-order valence-electron chi connectivity index (χ4n) is 4.65. The molecule has 4 rings (SSSR count). The summed E-state index contributed by atoms with van der Waals surface area (Å²) in [5.41, 5.74) is 0.0809. The van der Waals surface area contributed by atoms with Gasteiger partial charge in [0.1, 0.15) is 0 Å². The molecule has 1 saturated carbocycles. The number of thiophene rings is 1. The van der Waals surface area contributed by atoms with Crippen LogP contribution < -0.4 is 0 Å². The standard InChI is InChI=1S/C21H29N3O4S/c1-3-28-20(27)24-12-10-23(11-13-24)18(25)16-14-21(16)6-8-22(9-7-21)19(26)17-5-4-15(2)29-17/h4-5,16H,3,6-14H2,1-2H3. The monoisotopic (exact) mass is 419 g/mol. The Morgan fingerprint density at radius 3 is 2.28 bits per heavy atom. The number of piperazine rings is 1. The van der Waals surface area contributed by atoms with E-state index < -0.39 is 0 Å². The van der Waals surface area contributed by atoms with Gasteiger partial charge in [-0.3, -0.25) is 9.59 Å². The summed E-state index contributed by atoms with van der Waals surface area (Å²) < 4.78 is 5.04. The van der Waals surface area contributed by atoms with Gasteiger partial charge in [0.15, 0.2) is 0 Å². The van der Waals surface area contributed by atoms with Crippen molar-refractivity contribution in [3.8, 4) is 0 Å². The molecule has 0 N–H and O–H groups in total. The van der Waals surface area contributed by atoms with Crippen molar-refractivity contribution in [2.24, 2.45) is 11.3 Å². The molecule has 1 aromatic heterocycles. The number of rotatable bonds is 3. The van der Waals surface area contributed by atoms with Gasteiger partial charge in [-0.15, -0.1) is 11.3 Å². The first kappa shape index (κ1) is 20.2. The van der Waals surface area contributed by atoms with Crippen molar-refractivity contribution in [1.29, 1.82) is 0 Å². The zero-order chi connectivity index (χ0) is 20.6. The summed E-state index contributed by atoms with van der Waals surface area (Å²) in [5.74, 6) is 0.427. The molecule has 0 bridgehead atoms. The van der Waals surface area contributed by atoms with Crippen LogP contribution in [0.4, 0.5) is 4.79 Å². The summed E-state index contributed by atoms with van der Waals surface area (Å²) in [6.07, 6.45) is 2.45. The normalized spacial score (nSPS) is 23.2. The SMILES string of the molecule is CCOC(=O)N1CCN(C(=O)C2CC23CCN(C(=O)c2ccc(C)s2)CC3)CC1. The summed E-state index contributed by atoms with van der Waals surface area (Å²) in [4.78, 5) is 44.9. The van der Waals surface area contributed by atoms with E-state index in [0.717, 1.165) is 42.1 Å². The van der Waals surface area contributed by atoms with Gasteiger partial charge in [0, 0.05) is 50.1 Å². The Labute approximate surface area is 175 Å². The Balaban J connectivity index is 1.26. The molecule has 3 amide bonds. The number of nitrogens with zero attached hydrogens (tertiary/aromatic N) is 3. The van der Waals surface area contributed by atoms with E-state index in [1.54, 1.807) is 23.2 Å². The fourth-order valence-corrected chi connectivity index (χ4v) is 5.49. The van der Waals surface area contributed by atoms with Crippen LogP contribution in [0.25, 0.3) is 0 Å². The van der Waals surface area contributed by atoms with Crippen molar-refractivity contribution in [2.45, 2.75) is 33.1 Å². The van der Waals surface area contributed by atoms with E-state index in [1.807, 2.05) is 28.9 Å². The second-order valence-corrected chi connectivity index (χ2v) is 9.62. The zero-order valence-corrected chi connectivity index (χ0v) is 18.0. The lowest BCUT2D eigenvalue weighted by Crippen LogP contribution is -2.51. The van der Waals surface area contributed by atoms with Crippen LogP contribution in [-0.4, -0.2) is 78.5 Å². The molecule has 7 nitrogen and oxygen atoms in total. The number of carbonyl (C=O) groups excluding carboxylic acids is 3. The van der Waals surface area contributed by atoms with Crippen LogP contribution in [0.1, 0.15) is 40.7 Å². The van der Waals surface area contributed by atoms with Gasteiger partial charge in [0.05, 0.1) is 11.5 Å². The lowest BCUT2D eigenvalue weighted by Gasteiger charge is -2.36. The number of piperidine rings is 1. The Hall–Kier alpha value is -2.09. The molecule has 3 aliphatic rings. The van der Waals surface area contributed by atoms with Crippen molar-refractivity contribution in [2.75, 3.05) is 45.9 Å². The molecular weight excluding hydrogens is 390 g/mol. The number of amides is 3. The third-order valence-electron chi connectivity index (χ3n) is 6.60. The summed E-state index contributed by atoms with van der Waals surface area (Å²) in [5, 5.41) is 0. The van der Waals surface area contributed by atoms with E-state index in [4.69, 9.17) is 4.74 Å². The van der Waals surface area contributed by atoms with Crippen LogP contribution in [0.15, 0.2) is 12.1 Å². The predicted molar refractivity (Wildman–Crippen MR) is 110 cm³/mol. The molecule has 1 aliphatic carbocycles. The summed E-state index contributed by atoms with van der Waals surface area (Å²) in [6.45, 7) is 7.86. The average Bonchev–Trinajstić information content (AvgIpc) is 3.25. The van der Waals surface area contributed by atoms with Crippen molar-refractivity contribution in [3.63, 3.8) is 0 Å². The van der Waals surface area contributed by atoms with E-state index >= 15 is 0 Å². The van der Waals surface area contributed by atoms with Crippen LogP contribution in [0, 0.1) is 18.3 Å². The largest absolute Gasteiger partial charge is 0.450 e. The third kappa shape index (κ3) is 3.99. The quantitative estimate of drug-likeness (QED) is 0.755. The predicted octanol–water partition coefficient (Wildman–Crippen LogP) is 2.60. The molecule has 3 heterocycles. The van der Waals surface area contributed by atoms with E-state index in [0.29, 0.717) is 32.8 Å². The van der Waals surface area contributed by atoms with Gasteiger partial charge in [-0.05, 0) is 50.7 Å². The van der Waals surface area contributed by atoms with Crippen LogP contribution in [-0.2, 0) is 9.53 Å². The van der Waals surface area contributed by atoms with Gasteiger partial charge in [-0.25, -0.2) is 4.79 Å². The van der Waals surface area contributed by atoms with Crippen LogP contribution in [0.2, 0.25) is 0 Å². The minimum Gasteiger partial charge on any atom is -0.450 e. The lowest BCUT2D eigenvalue weighted by atomic mass is 9.90. The average molecular weight is 420 g/mol. The van der Waals surface area contributed by atoms with Crippen molar-refractivity contribution >= 4 is 29.2 Å². The third-order valence-corrected chi connectivity index (χ3v) is 7.59. The van der Waals surface area contributed by atoms with Crippen LogP contribution in [0.5, 0.6) is 0 Å². The molecule has 1 spiro atoms. The molecule has 2 aliphatic heterocycles. The van der Waals surface area contributed by atoms with Gasteiger partial charge in [0.25, 0.3) is 5.91 Å². The summed E-state index contributed by atoms with van der Waals surface area (Å²) in [6, 6.07) is 3.90. The molecule has 1 aromatic rings. The van der Waals surface area contributed by atoms with Gasteiger partial charge in [0.2, 0.25) is 5.91 Å². The molecule has 1 unspecified atom stereocenters. The highest BCUT2D eigenvalue weighted by Gasteiger charge is 2.59. The van der Waals surface area contributed by atoms with Crippen molar-refractivity contribution < 1.29 is 19.1 Å². The van der Waals surface area contributed by atoms with Crippen molar-refractivity contribution in [1.82, 2.24) is 14.7 Å². The number of hydrogen-bond acceptors (Lipinski definition) is 5. The Morgan fingerprint density at radius 2 is 1.69 bits per heavy atom. The second kappa shape index (κ2) is 7.97. The maximum absolute atomic E-state index is 13.0. The molecule has 2 saturated heterocycles. The first-order chi connectivity index (χ1) is 13.9. The lowest BCUT2D eigenvalue weighted by molar-refractivity contribution is -0.135. The smallest absolute Gasteiger partial charge is 0.409 e. The highest BCUT2D eigenvalue weighted by Crippen LogP contribution is 2.60. The van der Waals surface area contributed by atoms with E-state index in [9.17, 15) is 14.4 Å². The molecule has 0 aromatic carbocycles. The van der Waals surface area contributed by atoms with Crippen LogP contribution >= 0.6 is 11.3 Å². The van der Waals surface area contributed by atoms with E-state index in [2.05, 4.69) is 0 Å². The topological polar surface area (TPSA) is 70.2 Å². The van der Waals surface area contributed by atoms with Gasteiger partial charge < -0.3 is 19.4 Å². The first-order valence-electron chi connectivity index (χ1n) is 10.5. The van der Waals surface area contributed by atoms with Crippen molar-refractivity contribution in [3.05, 3.63) is 21.9 Å². The number of carbonyl (C=O) groups is 3. The number of likely N-dealkylation sites (tertiary alicyclic amines) is 1. The zero-order valence-electron chi connectivity index (χ0n) is 17.2. The minimum atomic E-state index is -0.291. The number of ether oxygens (including phenoxy) is 1. The molecule has 1 atom stereocenters. The fraction of sp³-hybridized carbons (Fsp3) is 0.667. The number of aryl methyl sites for hydroxylation is 1. The molecule has 3 fully saturated rings. The van der Waals surface area contributed by atoms with Crippen LogP contribution in [0.3, 0.4) is 0 Å². The molecule has 158 valence electrons. The Kier molecular flexibility index (Phi) is 5.55. The number of hydrogen-bond donors (Lipinski definition) is 0. The maximum Gasteiger partial charge on any atom is 0.409 e. The second-order valence-electron chi connectivity index (χ2n) is 8.33. The maximum atomic E-state index is 13.0. The Morgan fingerprint density at radius 1 is 1.03 bits per heavy atom. The summed E-state index contributed by atoms with van der Waals surface area (Å²) >= 11 is 1.55. The first-order valence-corrected chi connectivity index (χ1v) is 11.3. The highest BCUT2D eigenvalue weighted by molar-refractivity contribution is 7.13. The molecule has 29 heavy (non-hydrogen) atoms. The van der Waals surface area contributed by atoms with Gasteiger partial charge >= 0.3 is 6.09 Å². The minimum absolute atomic E-state index is 0.0809. The van der Waals surface area contributed by atoms with E-state index in [1.165, 1.54) is 0 Å². The van der Waals surface area contributed by atoms with Gasteiger partial charge in [-0.2, -0.15) is 0 Å². The Bertz CT molecular complexity index is 792. The highest BCUT2D eigenvalue weighted by atomic mass is 32.1. The molecule has 0 radical (unpaired) electrons.